The zero-order valence-corrected chi connectivity index (χ0v) is 7.09. The van der Waals surface area contributed by atoms with Crippen molar-refractivity contribution in [2.75, 3.05) is 6.61 Å². The Morgan fingerprint density at radius 2 is 2.33 bits per heavy atom. The van der Waals surface area contributed by atoms with Gasteiger partial charge < -0.3 is 14.5 Å². The minimum Gasteiger partial charge on any atom is -0.434 e. The molecule has 1 aromatic heterocycles. The number of hydrogen-bond donors (Lipinski definition) is 1. The number of nitrogens with one attached hydrogen (secondary N) is 1. The molecule has 0 aromatic carbocycles. The molecule has 0 radical (unpaired) electrons. The van der Waals surface area contributed by atoms with Gasteiger partial charge in [0.05, 0.1) is 6.61 Å². The topological polar surface area (TPSA) is 51.3 Å². The van der Waals surface area contributed by atoms with Gasteiger partial charge in [0.1, 0.15) is 0 Å². The Bertz CT molecular complexity index is 267. The van der Waals surface area contributed by atoms with Gasteiger partial charge >= 0.3 is 6.16 Å². The number of H-pyrrole nitrogens is 1. The number of aromatic amines is 1. The summed E-state index contributed by atoms with van der Waals surface area (Å²) in [4.78, 5) is 13.6. The molecule has 1 rings (SSSR count). The monoisotopic (exact) mass is 169 g/mol. The summed E-state index contributed by atoms with van der Waals surface area (Å²) in [6.07, 6.45) is -0.681. The Balaban J connectivity index is 2.46. The number of carbonyl (C=O) groups is 1. The molecule has 4 heteroatoms. The van der Waals surface area contributed by atoms with E-state index in [0.717, 1.165) is 5.69 Å². The fraction of sp³-hybridized carbons (Fsp3) is 0.375. The number of rotatable bonds is 2. The molecule has 0 bridgehead atoms. The number of hydrogen-bond acceptors (Lipinski definition) is 3. The minimum atomic E-state index is -0.681. The predicted octanol–water partition coefficient (Wildman–Crippen LogP) is 1.86. The molecule has 12 heavy (non-hydrogen) atoms. The first-order valence-electron chi connectivity index (χ1n) is 3.72. The number of aryl methyl sites for hydroxylation is 1. The first-order chi connectivity index (χ1) is 5.72. The van der Waals surface area contributed by atoms with Crippen molar-refractivity contribution < 1.29 is 14.3 Å². The highest BCUT2D eigenvalue weighted by molar-refractivity contribution is 5.63. The van der Waals surface area contributed by atoms with Crippen LogP contribution in [0.1, 0.15) is 12.6 Å². The highest BCUT2D eigenvalue weighted by Gasteiger charge is 2.04. The third kappa shape index (κ3) is 2.30. The average Bonchev–Trinajstić information content (AvgIpc) is 2.36. The predicted molar refractivity (Wildman–Crippen MR) is 43.2 cm³/mol. The second-order valence-corrected chi connectivity index (χ2v) is 2.29. The maximum absolute atomic E-state index is 10.8. The van der Waals surface area contributed by atoms with Crippen molar-refractivity contribution in [3.05, 3.63) is 17.8 Å². The van der Waals surface area contributed by atoms with E-state index in [1.807, 2.05) is 13.0 Å². The van der Waals surface area contributed by atoms with E-state index in [1.54, 1.807) is 13.0 Å². The molecule has 66 valence electrons. The molecule has 0 spiro atoms. The summed E-state index contributed by atoms with van der Waals surface area (Å²) in [7, 11) is 0. The molecular weight excluding hydrogens is 158 g/mol. The van der Waals surface area contributed by atoms with E-state index in [0.29, 0.717) is 12.5 Å². The van der Waals surface area contributed by atoms with E-state index in [1.165, 1.54) is 0 Å². The Morgan fingerprint density at radius 3 is 2.83 bits per heavy atom. The molecule has 0 aliphatic rings. The highest BCUT2D eigenvalue weighted by atomic mass is 16.7. The van der Waals surface area contributed by atoms with Crippen LogP contribution in [0, 0.1) is 6.92 Å². The number of carbonyl (C=O) groups excluding carboxylic acids is 1. The second-order valence-electron chi connectivity index (χ2n) is 2.29. The van der Waals surface area contributed by atoms with Gasteiger partial charge in [-0.3, -0.25) is 0 Å². The fourth-order valence-electron chi connectivity index (χ4n) is 0.775. The van der Waals surface area contributed by atoms with Crippen molar-refractivity contribution in [1.29, 1.82) is 0 Å². The normalized spacial score (nSPS) is 9.50. The summed E-state index contributed by atoms with van der Waals surface area (Å²) >= 11 is 0. The van der Waals surface area contributed by atoms with Gasteiger partial charge in [-0.25, -0.2) is 4.79 Å². The Labute approximate surface area is 70.5 Å². The van der Waals surface area contributed by atoms with Crippen LogP contribution >= 0.6 is 0 Å². The molecule has 0 saturated heterocycles. The summed E-state index contributed by atoms with van der Waals surface area (Å²) in [6.45, 7) is 3.91. The van der Waals surface area contributed by atoms with Gasteiger partial charge in [-0.1, -0.05) is 0 Å². The molecule has 0 unspecified atom stereocenters. The summed E-state index contributed by atoms with van der Waals surface area (Å²) in [5.41, 5.74) is 0.939. The minimum absolute atomic E-state index is 0.318. The molecule has 1 heterocycles. The zero-order chi connectivity index (χ0) is 8.97. The van der Waals surface area contributed by atoms with E-state index in [4.69, 9.17) is 4.74 Å². The van der Waals surface area contributed by atoms with Gasteiger partial charge in [-0.05, 0) is 19.9 Å². The quantitative estimate of drug-likeness (QED) is 0.687. The van der Waals surface area contributed by atoms with Gasteiger partial charge in [0, 0.05) is 11.8 Å². The molecule has 0 amide bonds. The van der Waals surface area contributed by atoms with Crippen molar-refractivity contribution in [2.45, 2.75) is 13.8 Å². The molecular formula is C8H11NO3. The van der Waals surface area contributed by atoms with E-state index in [-0.39, 0.29) is 0 Å². The first-order valence-corrected chi connectivity index (χ1v) is 3.72. The van der Waals surface area contributed by atoms with Crippen LogP contribution in [0.15, 0.2) is 12.1 Å². The van der Waals surface area contributed by atoms with Crippen LogP contribution in [0.5, 0.6) is 5.88 Å². The van der Waals surface area contributed by atoms with E-state index >= 15 is 0 Å². The highest BCUT2D eigenvalue weighted by Crippen LogP contribution is 2.09. The Hall–Kier alpha value is -1.45. The van der Waals surface area contributed by atoms with Crippen LogP contribution in [0.2, 0.25) is 0 Å². The average molecular weight is 169 g/mol. The molecule has 0 saturated carbocycles. The van der Waals surface area contributed by atoms with Crippen molar-refractivity contribution in [2.24, 2.45) is 0 Å². The van der Waals surface area contributed by atoms with Crippen molar-refractivity contribution in [1.82, 2.24) is 4.98 Å². The SMILES string of the molecule is CCOC(=O)Oc1ccc(C)[nH]1. The molecule has 0 aliphatic heterocycles. The Morgan fingerprint density at radius 1 is 1.58 bits per heavy atom. The van der Waals surface area contributed by atoms with Gasteiger partial charge in [0.25, 0.3) is 0 Å². The summed E-state index contributed by atoms with van der Waals surface area (Å²) in [6, 6.07) is 3.49. The molecule has 0 aliphatic carbocycles. The largest absolute Gasteiger partial charge is 0.515 e. The molecule has 1 aromatic rings. The van der Waals surface area contributed by atoms with Crippen LogP contribution in [0.25, 0.3) is 0 Å². The second kappa shape index (κ2) is 3.80. The zero-order valence-electron chi connectivity index (χ0n) is 7.09. The lowest BCUT2D eigenvalue weighted by atomic mass is 10.5. The third-order valence-corrected chi connectivity index (χ3v) is 1.26. The van der Waals surface area contributed by atoms with Crippen LogP contribution in [0.3, 0.4) is 0 Å². The lowest BCUT2D eigenvalue weighted by Crippen LogP contribution is -2.10. The lowest BCUT2D eigenvalue weighted by Gasteiger charge is -2.00. The molecule has 1 N–H and O–H groups in total. The van der Waals surface area contributed by atoms with Gasteiger partial charge in [-0.2, -0.15) is 0 Å². The van der Waals surface area contributed by atoms with Crippen LogP contribution in [-0.4, -0.2) is 17.7 Å². The number of aromatic nitrogens is 1. The van der Waals surface area contributed by atoms with Gasteiger partial charge in [0.15, 0.2) is 0 Å². The number of ether oxygens (including phenoxy) is 2. The van der Waals surface area contributed by atoms with E-state index in [9.17, 15) is 4.79 Å². The van der Waals surface area contributed by atoms with Crippen molar-refractivity contribution >= 4 is 6.16 Å². The third-order valence-electron chi connectivity index (χ3n) is 1.26. The van der Waals surface area contributed by atoms with E-state index in [2.05, 4.69) is 9.72 Å². The summed E-state index contributed by atoms with van der Waals surface area (Å²) in [5.74, 6) is 0.408. The first kappa shape index (κ1) is 8.64. The summed E-state index contributed by atoms with van der Waals surface area (Å²) < 4.78 is 9.33. The van der Waals surface area contributed by atoms with Crippen LogP contribution < -0.4 is 4.74 Å². The molecule has 4 nitrogen and oxygen atoms in total. The maximum atomic E-state index is 10.8. The van der Waals surface area contributed by atoms with Crippen molar-refractivity contribution in [3.63, 3.8) is 0 Å². The van der Waals surface area contributed by atoms with E-state index < -0.39 is 6.16 Å². The maximum Gasteiger partial charge on any atom is 0.515 e. The standard InChI is InChI=1S/C8H11NO3/c1-3-11-8(10)12-7-5-4-6(2)9-7/h4-5,9H,3H2,1-2H3. The van der Waals surface area contributed by atoms with Gasteiger partial charge in [-0.15, -0.1) is 0 Å². The van der Waals surface area contributed by atoms with Gasteiger partial charge in [0.2, 0.25) is 5.88 Å². The molecule has 0 atom stereocenters. The van der Waals surface area contributed by atoms with Crippen LogP contribution in [0.4, 0.5) is 4.79 Å². The smallest absolute Gasteiger partial charge is 0.434 e. The Kier molecular flexibility index (Phi) is 2.74. The molecule has 0 fully saturated rings. The van der Waals surface area contributed by atoms with Crippen molar-refractivity contribution in [3.8, 4) is 5.88 Å². The summed E-state index contributed by atoms with van der Waals surface area (Å²) in [5, 5.41) is 0. The lowest BCUT2D eigenvalue weighted by molar-refractivity contribution is 0.103. The fourth-order valence-corrected chi connectivity index (χ4v) is 0.775. The van der Waals surface area contributed by atoms with Crippen LogP contribution in [-0.2, 0) is 4.74 Å².